The molecule has 4 N–H and O–H groups in total. The van der Waals surface area contributed by atoms with Gasteiger partial charge >= 0.3 is 0 Å². The van der Waals surface area contributed by atoms with Gasteiger partial charge in [0.15, 0.2) is 0 Å². The normalized spacial score (nSPS) is 12.6. The Hall–Kier alpha value is -3.81. The highest BCUT2D eigenvalue weighted by Crippen LogP contribution is 2.35. The van der Waals surface area contributed by atoms with Gasteiger partial charge in [-0.15, -0.1) is 0 Å². The first kappa shape index (κ1) is 24.3. The summed E-state index contributed by atoms with van der Waals surface area (Å²) in [6.45, 7) is 7.05. The van der Waals surface area contributed by atoms with E-state index in [9.17, 15) is 19.5 Å². The Morgan fingerprint density at radius 3 is 2.46 bits per heavy atom. The highest BCUT2D eigenvalue weighted by Gasteiger charge is 2.26. The number of nitrogens with zero attached hydrogens (tertiary/aromatic N) is 1. The Balaban J connectivity index is 1.69. The summed E-state index contributed by atoms with van der Waals surface area (Å²) in [5.74, 6) is -1.40. The molecule has 2 amide bonds. The van der Waals surface area contributed by atoms with Gasteiger partial charge in [-0.05, 0) is 61.2 Å². The molecule has 3 aromatic rings. The number of aryl methyl sites for hydroxylation is 2. The molecule has 1 aliphatic heterocycles. The van der Waals surface area contributed by atoms with Crippen LogP contribution in [0.2, 0.25) is 0 Å². The van der Waals surface area contributed by atoms with E-state index in [1.165, 1.54) is 0 Å². The second-order valence-electron chi connectivity index (χ2n) is 9.27. The molecule has 4 rings (SSSR count). The number of unbranched alkanes of at least 4 members (excludes halogenated alkanes) is 1. The molecule has 0 saturated heterocycles. The molecular weight excluding hydrogens is 444 g/mol. The first-order valence-electron chi connectivity index (χ1n) is 12.2. The molecule has 0 aliphatic carbocycles. The Bertz CT molecular complexity index is 1330. The van der Waals surface area contributed by atoms with Crippen LogP contribution in [0.5, 0.6) is 5.75 Å². The SMILES string of the molecule is CCCCNc1ccc(NC(=O)c2c(O)c3cc(NC(=O)C(C)C)cc4c3n(c2=O)CCC4)cc1. The van der Waals surface area contributed by atoms with Gasteiger partial charge in [0, 0.05) is 41.5 Å². The molecular formula is C27H32N4O4. The van der Waals surface area contributed by atoms with Crippen LogP contribution in [0.1, 0.15) is 56.0 Å². The van der Waals surface area contributed by atoms with Crippen molar-refractivity contribution in [2.45, 2.75) is 53.0 Å². The lowest BCUT2D eigenvalue weighted by Crippen LogP contribution is -2.32. The number of carbonyl (C=O) groups excluding carboxylic acids is 2. The van der Waals surface area contributed by atoms with Crippen LogP contribution in [-0.4, -0.2) is 28.0 Å². The van der Waals surface area contributed by atoms with Crippen molar-refractivity contribution in [3.05, 3.63) is 57.9 Å². The number of hydrogen-bond donors (Lipinski definition) is 4. The molecule has 2 aromatic carbocycles. The van der Waals surface area contributed by atoms with Gasteiger partial charge in [-0.1, -0.05) is 27.2 Å². The van der Waals surface area contributed by atoms with Gasteiger partial charge in [-0.3, -0.25) is 14.4 Å². The summed E-state index contributed by atoms with van der Waals surface area (Å²) >= 11 is 0. The van der Waals surface area contributed by atoms with Crippen molar-refractivity contribution in [3.63, 3.8) is 0 Å². The van der Waals surface area contributed by atoms with E-state index in [2.05, 4.69) is 22.9 Å². The van der Waals surface area contributed by atoms with Crippen LogP contribution in [-0.2, 0) is 17.8 Å². The molecule has 8 heteroatoms. The molecule has 0 fully saturated rings. The van der Waals surface area contributed by atoms with Crippen molar-refractivity contribution in [2.75, 3.05) is 22.5 Å². The maximum absolute atomic E-state index is 13.3. The molecule has 0 spiro atoms. The van der Waals surface area contributed by atoms with E-state index < -0.39 is 11.5 Å². The number of carbonyl (C=O) groups is 2. The molecule has 0 atom stereocenters. The van der Waals surface area contributed by atoms with E-state index >= 15 is 0 Å². The molecule has 2 heterocycles. The largest absolute Gasteiger partial charge is 0.506 e. The second-order valence-corrected chi connectivity index (χ2v) is 9.27. The summed E-state index contributed by atoms with van der Waals surface area (Å²) in [6.07, 6.45) is 3.60. The van der Waals surface area contributed by atoms with Crippen molar-refractivity contribution in [1.29, 1.82) is 0 Å². The van der Waals surface area contributed by atoms with E-state index in [1.807, 2.05) is 18.2 Å². The van der Waals surface area contributed by atoms with Crippen LogP contribution in [0.15, 0.2) is 41.2 Å². The fourth-order valence-electron chi connectivity index (χ4n) is 4.34. The highest BCUT2D eigenvalue weighted by molar-refractivity contribution is 6.10. The minimum atomic E-state index is -0.673. The molecule has 8 nitrogen and oxygen atoms in total. The zero-order valence-corrected chi connectivity index (χ0v) is 20.4. The van der Waals surface area contributed by atoms with Crippen molar-refractivity contribution < 1.29 is 14.7 Å². The van der Waals surface area contributed by atoms with Gasteiger partial charge in [0.1, 0.15) is 11.3 Å². The summed E-state index contributed by atoms with van der Waals surface area (Å²) in [6, 6.07) is 10.7. The molecule has 1 aliphatic rings. The van der Waals surface area contributed by atoms with E-state index in [0.717, 1.165) is 37.1 Å². The lowest BCUT2D eigenvalue weighted by atomic mass is 9.97. The van der Waals surface area contributed by atoms with Gasteiger partial charge in [0.2, 0.25) is 5.91 Å². The number of benzene rings is 2. The van der Waals surface area contributed by atoms with Crippen LogP contribution in [0.4, 0.5) is 17.1 Å². The van der Waals surface area contributed by atoms with Gasteiger partial charge in [0.25, 0.3) is 11.5 Å². The van der Waals surface area contributed by atoms with Crippen LogP contribution in [0, 0.1) is 5.92 Å². The quantitative estimate of drug-likeness (QED) is 0.352. The zero-order chi connectivity index (χ0) is 25.1. The Labute approximate surface area is 204 Å². The average molecular weight is 477 g/mol. The van der Waals surface area contributed by atoms with Crippen molar-refractivity contribution in [1.82, 2.24) is 4.57 Å². The molecule has 35 heavy (non-hydrogen) atoms. The summed E-state index contributed by atoms with van der Waals surface area (Å²) < 4.78 is 1.55. The summed E-state index contributed by atoms with van der Waals surface area (Å²) in [7, 11) is 0. The zero-order valence-electron chi connectivity index (χ0n) is 20.4. The minimum Gasteiger partial charge on any atom is -0.506 e. The maximum Gasteiger partial charge on any atom is 0.267 e. The number of aromatic hydroxyl groups is 1. The molecule has 0 unspecified atom stereocenters. The second kappa shape index (κ2) is 10.2. The highest BCUT2D eigenvalue weighted by atomic mass is 16.3. The summed E-state index contributed by atoms with van der Waals surface area (Å²) in [5.41, 5.74) is 2.64. The van der Waals surface area contributed by atoms with E-state index in [0.29, 0.717) is 35.2 Å². The van der Waals surface area contributed by atoms with Gasteiger partial charge in [-0.25, -0.2) is 0 Å². The third-order valence-electron chi connectivity index (χ3n) is 6.26. The Kier molecular flexibility index (Phi) is 7.10. The van der Waals surface area contributed by atoms with Crippen LogP contribution < -0.4 is 21.5 Å². The summed E-state index contributed by atoms with van der Waals surface area (Å²) in [4.78, 5) is 38.7. The third-order valence-corrected chi connectivity index (χ3v) is 6.26. The van der Waals surface area contributed by atoms with Crippen molar-refractivity contribution in [3.8, 4) is 5.75 Å². The monoisotopic (exact) mass is 476 g/mol. The van der Waals surface area contributed by atoms with E-state index in [-0.39, 0.29) is 23.1 Å². The molecule has 0 bridgehead atoms. The third kappa shape index (κ3) is 5.01. The Morgan fingerprint density at radius 1 is 1.06 bits per heavy atom. The van der Waals surface area contributed by atoms with Crippen LogP contribution in [0.3, 0.4) is 0 Å². The number of nitrogens with one attached hydrogen (secondary N) is 3. The standard InChI is InChI=1S/C27H32N4O4/c1-4-5-12-28-18-8-10-19(11-9-18)29-26(34)22-24(32)21-15-20(30-25(33)16(2)3)14-17-7-6-13-31(23(17)21)27(22)35/h8-11,14-16,28,32H,4-7,12-13H2,1-3H3,(H,29,34)(H,30,33). The summed E-state index contributed by atoms with van der Waals surface area (Å²) in [5, 5.41) is 20.4. The maximum atomic E-state index is 13.3. The number of anilines is 3. The fourth-order valence-corrected chi connectivity index (χ4v) is 4.34. The van der Waals surface area contributed by atoms with Gasteiger partial charge in [-0.2, -0.15) is 0 Å². The molecule has 184 valence electrons. The number of amides is 2. The fraction of sp³-hybridized carbons (Fsp3) is 0.370. The van der Waals surface area contributed by atoms with Crippen molar-refractivity contribution in [2.24, 2.45) is 5.92 Å². The minimum absolute atomic E-state index is 0.147. The van der Waals surface area contributed by atoms with E-state index in [4.69, 9.17) is 0 Å². The number of hydrogen-bond acceptors (Lipinski definition) is 5. The van der Waals surface area contributed by atoms with Crippen LogP contribution >= 0.6 is 0 Å². The molecule has 1 aromatic heterocycles. The first-order chi connectivity index (χ1) is 16.8. The van der Waals surface area contributed by atoms with Gasteiger partial charge < -0.3 is 25.6 Å². The number of aromatic nitrogens is 1. The average Bonchev–Trinajstić information content (AvgIpc) is 2.83. The smallest absolute Gasteiger partial charge is 0.267 e. The van der Waals surface area contributed by atoms with Crippen molar-refractivity contribution >= 4 is 39.8 Å². The number of pyridine rings is 1. The van der Waals surface area contributed by atoms with Crippen LogP contribution in [0.25, 0.3) is 10.9 Å². The number of rotatable bonds is 8. The van der Waals surface area contributed by atoms with Gasteiger partial charge in [0.05, 0.1) is 5.52 Å². The predicted octanol–water partition coefficient (Wildman–Crippen LogP) is 4.71. The molecule has 0 radical (unpaired) electrons. The Morgan fingerprint density at radius 2 is 1.77 bits per heavy atom. The van der Waals surface area contributed by atoms with E-state index in [1.54, 1.807) is 36.6 Å². The lowest BCUT2D eigenvalue weighted by molar-refractivity contribution is -0.118. The molecule has 0 saturated carbocycles. The predicted molar refractivity (Wildman–Crippen MR) is 139 cm³/mol. The first-order valence-corrected chi connectivity index (χ1v) is 12.2. The lowest BCUT2D eigenvalue weighted by Gasteiger charge is -2.23. The topological polar surface area (TPSA) is 112 Å².